The molecule has 36 heavy (non-hydrogen) atoms. The predicted octanol–water partition coefficient (Wildman–Crippen LogP) is 4.22. The zero-order chi connectivity index (χ0) is 25.9. The highest BCUT2D eigenvalue weighted by molar-refractivity contribution is 7.92. The molecule has 0 spiro atoms. The van der Waals surface area contributed by atoms with Gasteiger partial charge in [-0.05, 0) is 44.0 Å². The quantitative estimate of drug-likeness (QED) is 0.386. The first-order valence-electron chi connectivity index (χ1n) is 11.0. The number of thiazole rings is 1. The van der Waals surface area contributed by atoms with Gasteiger partial charge in [0.05, 0.1) is 28.9 Å². The number of carbonyl (C=O) groups excluding carboxylic acids is 2. The number of sulfone groups is 1. The van der Waals surface area contributed by atoms with Crippen molar-refractivity contribution in [3.63, 3.8) is 0 Å². The first kappa shape index (κ1) is 25.7. The number of benzene rings is 2. The number of carbonyl (C=O) groups is 2. The number of hydrogen-bond acceptors (Lipinski definition) is 8. The van der Waals surface area contributed by atoms with Crippen LogP contribution in [0.4, 0.5) is 13.9 Å². The van der Waals surface area contributed by atoms with Gasteiger partial charge in [-0.15, -0.1) is 11.3 Å². The van der Waals surface area contributed by atoms with Gasteiger partial charge in [-0.1, -0.05) is 12.1 Å². The molecule has 8 nitrogen and oxygen atoms in total. The van der Waals surface area contributed by atoms with Crippen molar-refractivity contribution in [1.82, 2.24) is 4.98 Å². The topological polar surface area (TPSA) is 112 Å². The summed E-state index contributed by atoms with van der Waals surface area (Å²) in [5.74, 6) is -3.38. The van der Waals surface area contributed by atoms with Crippen LogP contribution in [0.3, 0.4) is 0 Å². The lowest BCUT2D eigenvalue weighted by Crippen LogP contribution is -2.26. The predicted molar refractivity (Wildman–Crippen MR) is 127 cm³/mol. The van der Waals surface area contributed by atoms with Crippen LogP contribution in [0.1, 0.15) is 37.1 Å². The number of esters is 1. The molecule has 1 atom stereocenters. The average molecular weight is 537 g/mol. The fourth-order valence-corrected chi connectivity index (χ4v) is 5.72. The van der Waals surface area contributed by atoms with Gasteiger partial charge in [0.25, 0.3) is 5.91 Å². The van der Waals surface area contributed by atoms with E-state index in [9.17, 15) is 26.8 Å². The van der Waals surface area contributed by atoms with Crippen LogP contribution in [-0.4, -0.2) is 37.1 Å². The Hall–Kier alpha value is -3.38. The number of anilines is 1. The Balaban J connectivity index is 1.57. The standard InChI is InChI=1S/C24H22F2N2O6S2/c1-2-33-21(29)12-16-13-35-24(27-16)28-23(30)22(34-20-10-5-15(25)11-19(20)26)14-3-6-17(7-4-14)36(31,32)18-8-9-18/h3-7,10-11,13,18,22H,2,8-9,12H2,1H3,(H,27,28,30). The molecule has 1 amide bonds. The summed E-state index contributed by atoms with van der Waals surface area (Å²) in [5, 5.41) is 3.91. The van der Waals surface area contributed by atoms with Crippen LogP contribution < -0.4 is 10.1 Å². The van der Waals surface area contributed by atoms with Gasteiger partial charge in [0.2, 0.25) is 6.10 Å². The van der Waals surface area contributed by atoms with Gasteiger partial charge in [0, 0.05) is 17.0 Å². The van der Waals surface area contributed by atoms with Gasteiger partial charge < -0.3 is 9.47 Å². The number of nitrogens with one attached hydrogen (secondary N) is 1. The summed E-state index contributed by atoms with van der Waals surface area (Å²) < 4.78 is 63.1. The summed E-state index contributed by atoms with van der Waals surface area (Å²) in [6, 6.07) is 8.23. The minimum atomic E-state index is -3.45. The molecule has 1 saturated carbocycles. The van der Waals surface area contributed by atoms with Crippen molar-refractivity contribution in [2.75, 3.05) is 11.9 Å². The number of amides is 1. The van der Waals surface area contributed by atoms with E-state index < -0.39 is 44.7 Å². The zero-order valence-electron chi connectivity index (χ0n) is 19.1. The second kappa shape index (κ2) is 10.7. The van der Waals surface area contributed by atoms with Crippen LogP contribution in [0.2, 0.25) is 0 Å². The third-order valence-electron chi connectivity index (χ3n) is 5.26. The second-order valence-electron chi connectivity index (χ2n) is 8.00. The molecular weight excluding hydrogens is 514 g/mol. The van der Waals surface area contributed by atoms with Crippen molar-refractivity contribution in [3.05, 3.63) is 70.7 Å². The monoisotopic (exact) mass is 536 g/mol. The van der Waals surface area contributed by atoms with E-state index >= 15 is 0 Å². The summed E-state index contributed by atoms with van der Waals surface area (Å²) in [6.07, 6.45) is -0.278. The third kappa shape index (κ3) is 6.05. The highest BCUT2D eigenvalue weighted by Crippen LogP contribution is 2.34. The van der Waals surface area contributed by atoms with E-state index in [4.69, 9.17) is 9.47 Å². The Bertz CT molecular complexity index is 1370. The van der Waals surface area contributed by atoms with Crippen LogP contribution >= 0.6 is 11.3 Å². The van der Waals surface area contributed by atoms with Crippen molar-refractivity contribution in [1.29, 1.82) is 0 Å². The highest BCUT2D eigenvalue weighted by Gasteiger charge is 2.37. The zero-order valence-corrected chi connectivity index (χ0v) is 20.7. The van der Waals surface area contributed by atoms with E-state index in [1.54, 1.807) is 12.3 Å². The van der Waals surface area contributed by atoms with Crippen LogP contribution in [0.15, 0.2) is 52.7 Å². The van der Waals surface area contributed by atoms with Crippen molar-refractivity contribution < 1.29 is 36.3 Å². The fourth-order valence-electron chi connectivity index (χ4n) is 3.35. The van der Waals surface area contributed by atoms with Crippen molar-refractivity contribution >= 4 is 38.2 Å². The molecule has 1 unspecified atom stereocenters. The number of hydrogen-bond donors (Lipinski definition) is 1. The molecule has 1 fully saturated rings. The van der Waals surface area contributed by atoms with E-state index in [1.807, 2.05) is 0 Å². The molecule has 1 aliphatic carbocycles. The molecule has 1 heterocycles. The Morgan fingerprint density at radius 1 is 1.17 bits per heavy atom. The van der Waals surface area contributed by atoms with E-state index in [2.05, 4.69) is 10.3 Å². The van der Waals surface area contributed by atoms with Crippen LogP contribution in [0.25, 0.3) is 0 Å². The van der Waals surface area contributed by atoms with Gasteiger partial charge in [-0.25, -0.2) is 22.2 Å². The normalized spacial score (nSPS) is 14.2. The minimum absolute atomic E-state index is 0.0716. The van der Waals surface area contributed by atoms with Crippen molar-refractivity contribution in [3.8, 4) is 5.75 Å². The number of aromatic nitrogens is 1. The Morgan fingerprint density at radius 3 is 2.53 bits per heavy atom. The molecule has 1 aromatic heterocycles. The van der Waals surface area contributed by atoms with Gasteiger partial charge in [-0.3, -0.25) is 14.9 Å². The molecule has 0 aliphatic heterocycles. The molecular formula is C24H22F2N2O6S2. The average Bonchev–Trinajstić information content (AvgIpc) is 3.61. The number of rotatable bonds is 10. The Morgan fingerprint density at radius 2 is 1.89 bits per heavy atom. The van der Waals surface area contributed by atoms with Gasteiger partial charge >= 0.3 is 5.97 Å². The number of halogens is 2. The van der Waals surface area contributed by atoms with E-state index in [0.717, 1.165) is 23.5 Å². The first-order valence-corrected chi connectivity index (χ1v) is 13.5. The maximum absolute atomic E-state index is 14.3. The van der Waals surface area contributed by atoms with E-state index in [0.29, 0.717) is 24.6 Å². The first-order chi connectivity index (χ1) is 17.2. The fraction of sp³-hybridized carbons (Fsp3) is 0.292. The minimum Gasteiger partial charge on any atom is -0.473 e. The molecule has 0 saturated heterocycles. The van der Waals surface area contributed by atoms with Crippen LogP contribution in [0.5, 0.6) is 5.75 Å². The maximum atomic E-state index is 14.3. The summed E-state index contributed by atoms with van der Waals surface area (Å²) in [7, 11) is -3.45. The highest BCUT2D eigenvalue weighted by atomic mass is 32.2. The molecule has 0 bridgehead atoms. The number of ether oxygens (including phenoxy) is 2. The summed E-state index contributed by atoms with van der Waals surface area (Å²) in [4.78, 5) is 29.1. The maximum Gasteiger partial charge on any atom is 0.311 e. The molecule has 12 heteroatoms. The van der Waals surface area contributed by atoms with Crippen molar-refractivity contribution in [2.45, 2.75) is 42.4 Å². The summed E-state index contributed by atoms with van der Waals surface area (Å²) in [6.45, 7) is 1.91. The Kier molecular flexibility index (Phi) is 7.65. The van der Waals surface area contributed by atoms with Crippen LogP contribution in [0, 0.1) is 11.6 Å². The van der Waals surface area contributed by atoms with Crippen LogP contribution in [-0.2, 0) is 30.6 Å². The molecule has 1 aliphatic rings. The second-order valence-corrected chi connectivity index (χ2v) is 11.1. The van der Waals surface area contributed by atoms with Gasteiger partial charge in [0.15, 0.2) is 26.5 Å². The lowest BCUT2D eigenvalue weighted by Gasteiger charge is -2.19. The third-order valence-corrected chi connectivity index (χ3v) is 8.35. The molecule has 1 N–H and O–H groups in total. The smallest absolute Gasteiger partial charge is 0.311 e. The molecule has 0 radical (unpaired) electrons. The lowest BCUT2D eigenvalue weighted by molar-refractivity contribution is -0.142. The molecule has 4 rings (SSSR count). The summed E-state index contributed by atoms with van der Waals surface area (Å²) in [5.41, 5.74) is 0.639. The summed E-state index contributed by atoms with van der Waals surface area (Å²) >= 11 is 1.07. The molecule has 190 valence electrons. The lowest BCUT2D eigenvalue weighted by atomic mass is 10.1. The molecule has 3 aromatic rings. The van der Waals surface area contributed by atoms with Crippen molar-refractivity contribution in [2.24, 2.45) is 0 Å². The van der Waals surface area contributed by atoms with Gasteiger partial charge in [0.1, 0.15) is 5.82 Å². The number of nitrogens with zero attached hydrogens (tertiary/aromatic N) is 1. The Labute approximate surface area is 210 Å². The SMILES string of the molecule is CCOC(=O)Cc1csc(NC(=O)C(Oc2ccc(F)cc2F)c2ccc(S(=O)(=O)C3CC3)cc2)n1. The van der Waals surface area contributed by atoms with E-state index in [1.165, 1.54) is 24.3 Å². The molecule has 2 aromatic carbocycles. The van der Waals surface area contributed by atoms with E-state index in [-0.39, 0.29) is 34.4 Å². The largest absolute Gasteiger partial charge is 0.473 e. The van der Waals surface area contributed by atoms with Gasteiger partial charge in [-0.2, -0.15) is 0 Å².